The van der Waals surface area contributed by atoms with E-state index in [4.69, 9.17) is 4.74 Å². The Morgan fingerprint density at radius 1 is 0.471 bits per heavy atom. The summed E-state index contributed by atoms with van der Waals surface area (Å²) in [7, 11) is 0. The zero-order valence-corrected chi connectivity index (χ0v) is 23.6. The molecular formula is C32H62O2. The van der Waals surface area contributed by atoms with Crippen molar-refractivity contribution >= 4 is 5.97 Å². The van der Waals surface area contributed by atoms with E-state index in [9.17, 15) is 4.79 Å². The Balaban J connectivity index is 3.17. The molecule has 0 aromatic carbocycles. The Morgan fingerprint density at radius 3 is 1.26 bits per heavy atom. The van der Waals surface area contributed by atoms with Crippen molar-refractivity contribution in [3.05, 3.63) is 12.2 Å². The van der Waals surface area contributed by atoms with Crippen LogP contribution in [0.2, 0.25) is 0 Å². The summed E-state index contributed by atoms with van der Waals surface area (Å²) >= 11 is 0. The molecule has 0 bridgehead atoms. The molecule has 0 saturated heterocycles. The fraction of sp³-hybridized carbons (Fsp3) is 0.906. The van der Waals surface area contributed by atoms with E-state index in [-0.39, 0.29) is 5.97 Å². The SMILES string of the molecule is CCCCCCCC/C=C\CCCCCCCCCCCC(=O)OCCCCCCCCCC. The standard InChI is InChI=1S/C32H62O2/c1-3-5-7-9-11-13-14-15-16-17-18-19-20-21-22-23-24-26-28-30-32(33)34-31-29-27-25-12-10-8-6-4-2/h15-16H,3-14,17-31H2,1-2H3/b16-15-. The summed E-state index contributed by atoms with van der Waals surface area (Å²) in [5.41, 5.74) is 0. The van der Waals surface area contributed by atoms with Gasteiger partial charge in [0, 0.05) is 6.42 Å². The molecule has 0 rings (SSSR count). The van der Waals surface area contributed by atoms with Gasteiger partial charge in [-0.05, 0) is 38.5 Å². The predicted molar refractivity (Wildman–Crippen MR) is 151 cm³/mol. The minimum absolute atomic E-state index is 0.0176. The summed E-state index contributed by atoms with van der Waals surface area (Å²) in [5.74, 6) is 0.0176. The van der Waals surface area contributed by atoms with Crippen molar-refractivity contribution in [1.82, 2.24) is 0 Å². The Kier molecular flexibility index (Phi) is 29.5. The van der Waals surface area contributed by atoms with E-state index in [1.54, 1.807) is 0 Å². The highest BCUT2D eigenvalue weighted by Gasteiger charge is 2.02. The minimum atomic E-state index is 0.0176. The molecule has 0 heterocycles. The molecule has 0 aromatic heterocycles. The fourth-order valence-electron chi connectivity index (χ4n) is 4.54. The van der Waals surface area contributed by atoms with E-state index in [0.717, 1.165) is 12.8 Å². The summed E-state index contributed by atoms with van der Waals surface area (Å²) in [6.07, 6.45) is 38.3. The predicted octanol–water partition coefficient (Wildman–Crippen LogP) is 11.3. The molecule has 202 valence electrons. The largest absolute Gasteiger partial charge is 0.466 e. The molecule has 2 heteroatoms. The van der Waals surface area contributed by atoms with Crippen molar-refractivity contribution < 1.29 is 9.53 Å². The van der Waals surface area contributed by atoms with Gasteiger partial charge in [0.15, 0.2) is 0 Å². The Labute approximate surface area is 215 Å². The van der Waals surface area contributed by atoms with E-state index >= 15 is 0 Å². The molecule has 34 heavy (non-hydrogen) atoms. The third kappa shape index (κ3) is 29.2. The molecule has 0 spiro atoms. The summed E-state index contributed by atoms with van der Waals surface area (Å²) in [6, 6.07) is 0. The molecule has 0 aliphatic rings. The van der Waals surface area contributed by atoms with Gasteiger partial charge in [0.05, 0.1) is 6.61 Å². The lowest BCUT2D eigenvalue weighted by Gasteiger charge is -2.05. The summed E-state index contributed by atoms with van der Waals surface area (Å²) in [5, 5.41) is 0. The minimum Gasteiger partial charge on any atom is -0.466 e. The van der Waals surface area contributed by atoms with Crippen LogP contribution in [-0.4, -0.2) is 12.6 Å². The maximum Gasteiger partial charge on any atom is 0.305 e. The number of carbonyl (C=O) groups excluding carboxylic acids is 1. The average Bonchev–Trinajstić information content (AvgIpc) is 2.84. The van der Waals surface area contributed by atoms with Gasteiger partial charge in [0.25, 0.3) is 0 Å². The molecule has 0 fully saturated rings. The van der Waals surface area contributed by atoms with Crippen LogP contribution in [0.5, 0.6) is 0 Å². The molecule has 0 amide bonds. The van der Waals surface area contributed by atoms with Gasteiger partial charge in [-0.3, -0.25) is 4.79 Å². The van der Waals surface area contributed by atoms with Crippen molar-refractivity contribution in [3.8, 4) is 0 Å². The van der Waals surface area contributed by atoms with Crippen molar-refractivity contribution in [2.24, 2.45) is 0 Å². The van der Waals surface area contributed by atoms with Gasteiger partial charge < -0.3 is 4.74 Å². The monoisotopic (exact) mass is 478 g/mol. The van der Waals surface area contributed by atoms with Gasteiger partial charge in [0.2, 0.25) is 0 Å². The lowest BCUT2D eigenvalue weighted by atomic mass is 10.1. The summed E-state index contributed by atoms with van der Waals surface area (Å²) < 4.78 is 5.38. The third-order valence-electron chi connectivity index (χ3n) is 6.90. The maximum absolute atomic E-state index is 11.8. The lowest BCUT2D eigenvalue weighted by molar-refractivity contribution is -0.143. The molecular weight excluding hydrogens is 416 g/mol. The summed E-state index contributed by atoms with van der Waals surface area (Å²) in [4.78, 5) is 11.8. The van der Waals surface area contributed by atoms with Crippen molar-refractivity contribution in [2.45, 2.75) is 181 Å². The van der Waals surface area contributed by atoms with Gasteiger partial charge in [-0.15, -0.1) is 0 Å². The average molecular weight is 479 g/mol. The van der Waals surface area contributed by atoms with E-state index < -0.39 is 0 Å². The van der Waals surface area contributed by atoms with Crippen LogP contribution in [0, 0.1) is 0 Å². The summed E-state index contributed by atoms with van der Waals surface area (Å²) in [6.45, 7) is 5.17. The first-order valence-electron chi connectivity index (χ1n) is 15.6. The topological polar surface area (TPSA) is 26.3 Å². The maximum atomic E-state index is 11.8. The van der Waals surface area contributed by atoms with Crippen LogP contribution in [0.4, 0.5) is 0 Å². The zero-order chi connectivity index (χ0) is 24.8. The second-order valence-corrected chi connectivity index (χ2v) is 10.4. The van der Waals surface area contributed by atoms with Crippen molar-refractivity contribution in [2.75, 3.05) is 6.61 Å². The van der Waals surface area contributed by atoms with Crippen molar-refractivity contribution in [1.29, 1.82) is 0 Å². The number of unbranched alkanes of at least 4 members (excludes halogenated alkanes) is 22. The Hall–Kier alpha value is -0.790. The van der Waals surface area contributed by atoms with Gasteiger partial charge >= 0.3 is 5.97 Å². The molecule has 0 aliphatic heterocycles. The molecule has 0 atom stereocenters. The quantitative estimate of drug-likeness (QED) is 0.0634. The number of allylic oxidation sites excluding steroid dienone is 2. The Morgan fingerprint density at radius 2 is 0.824 bits per heavy atom. The first-order chi connectivity index (χ1) is 16.8. The van der Waals surface area contributed by atoms with Crippen molar-refractivity contribution in [3.63, 3.8) is 0 Å². The van der Waals surface area contributed by atoms with Crippen LogP contribution in [-0.2, 0) is 9.53 Å². The van der Waals surface area contributed by atoms with E-state index in [1.165, 1.54) is 148 Å². The number of hydrogen-bond donors (Lipinski definition) is 0. The van der Waals surface area contributed by atoms with E-state index in [1.807, 2.05) is 0 Å². The Bertz CT molecular complexity index is 415. The molecule has 0 aliphatic carbocycles. The van der Waals surface area contributed by atoms with Crippen LogP contribution in [0.25, 0.3) is 0 Å². The number of hydrogen-bond acceptors (Lipinski definition) is 2. The van der Waals surface area contributed by atoms with Crippen LogP contribution in [0.15, 0.2) is 12.2 Å². The molecule has 0 aromatic rings. The number of rotatable bonds is 28. The highest BCUT2D eigenvalue weighted by atomic mass is 16.5. The molecule has 0 N–H and O–H groups in total. The normalized spacial score (nSPS) is 11.5. The van der Waals surface area contributed by atoms with Crippen LogP contribution in [0.3, 0.4) is 0 Å². The third-order valence-corrected chi connectivity index (χ3v) is 6.90. The van der Waals surface area contributed by atoms with Crippen LogP contribution < -0.4 is 0 Å². The first kappa shape index (κ1) is 33.2. The van der Waals surface area contributed by atoms with E-state index in [2.05, 4.69) is 26.0 Å². The van der Waals surface area contributed by atoms with Crippen LogP contribution >= 0.6 is 0 Å². The number of ether oxygens (including phenoxy) is 1. The molecule has 0 radical (unpaired) electrons. The lowest BCUT2D eigenvalue weighted by Crippen LogP contribution is -2.05. The van der Waals surface area contributed by atoms with Gasteiger partial charge in [-0.25, -0.2) is 0 Å². The van der Waals surface area contributed by atoms with Gasteiger partial charge in [-0.1, -0.05) is 148 Å². The molecule has 0 unspecified atom stereocenters. The smallest absolute Gasteiger partial charge is 0.305 e. The zero-order valence-electron chi connectivity index (χ0n) is 23.6. The second-order valence-electron chi connectivity index (χ2n) is 10.4. The number of carbonyl (C=O) groups is 1. The van der Waals surface area contributed by atoms with Gasteiger partial charge in [-0.2, -0.15) is 0 Å². The number of esters is 1. The van der Waals surface area contributed by atoms with Gasteiger partial charge in [0.1, 0.15) is 0 Å². The van der Waals surface area contributed by atoms with Crippen LogP contribution in [0.1, 0.15) is 181 Å². The highest BCUT2D eigenvalue weighted by molar-refractivity contribution is 5.69. The molecule has 0 saturated carbocycles. The highest BCUT2D eigenvalue weighted by Crippen LogP contribution is 2.13. The first-order valence-corrected chi connectivity index (χ1v) is 15.6. The molecule has 2 nitrogen and oxygen atoms in total. The van der Waals surface area contributed by atoms with E-state index in [0.29, 0.717) is 13.0 Å². The second kappa shape index (κ2) is 30.2. The fourth-order valence-corrected chi connectivity index (χ4v) is 4.54.